The zero-order valence-electron chi connectivity index (χ0n) is 8.02. The molecule has 0 unspecified atom stereocenters. The van der Waals surface area contributed by atoms with E-state index in [1.54, 1.807) is 16.9 Å². The van der Waals surface area contributed by atoms with Crippen LogP contribution in [0.5, 0.6) is 0 Å². The number of hydrogen-bond acceptors (Lipinski definition) is 3. The van der Waals surface area contributed by atoms with E-state index in [1.807, 2.05) is 18.2 Å². The number of benzene rings is 1. The summed E-state index contributed by atoms with van der Waals surface area (Å²) in [4.78, 5) is 0. The summed E-state index contributed by atoms with van der Waals surface area (Å²) in [5.74, 6) is 0. The molecule has 82 valence electrons. The third-order valence-corrected chi connectivity index (χ3v) is 4.14. The molecule has 0 fully saturated rings. The molecule has 0 aliphatic heterocycles. The molecule has 1 aromatic heterocycles. The van der Waals surface area contributed by atoms with Gasteiger partial charge < -0.3 is 5.73 Å². The molecule has 1 aromatic carbocycles. The second-order valence-corrected chi connectivity index (χ2v) is 5.26. The van der Waals surface area contributed by atoms with E-state index in [9.17, 15) is 0 Å². The van der Waals surface area contributed by atoms with Crippen molar-refractivity contribution in [1.29, 1.82) is 0 Å². The third kappa shape index (κ3) is 2.34. The molecule has 0 aliphatic rings. The van der Waals surface area contributed by atoms with Gasteiger partial charge in [0.05, 0.1) is 17.6 Å². The third-order valence-electron chi connectivity index (χ3n) is 1.97. The number of anilines is 1. The standard InChI is InChI=1S/C10H7Br2N3S/c11-8-2-1-7(4-9(8)12)15-10(16)3-6(13)5-14-15/h1-5H,13H2. The van der Waals surface area contributed by atoms with E-state index in [-0.39, 0.29) is 0 Å². The van der Waals surface area contributed by atoms with E-state index in [1.165, 1.54) is 0 Å². The van der Waals surface area contributed by atoms with Crippen molar-refractivity contribution in [3.8, 4) is 5.69 Å². The molecule has 0 aliphatic carbocycles. The fraction of sp³-hybridized carbons (Fsp3) is 0. The predicted octanol–water partition coefficient (Wildman–Crippen LogP) is 3.71. The van der Waals surface area contributed by atoms with Crippen molar-refractivity contribution >= 4 is 49.8 Å². The van der Waals surface area contributed by atoms with Crippen molar-refractivity contribution in [2.24, 2.45) is 0 Å². The van der Waals surface area contributed by atoms with Crippen molar-refractivity contribution in [3.05, 3.63) is 44.0 Å². The minimum Gasteiger partial charge on any atom is -0.397 e. The topological polar surface area (TPSA) is 43.8 Å². The van der Waals surface area contributed by atoms with Gasteiger partial charge in [-0.3, -0.25) is 0 Å². The maximum Gasteiger partial charge on any atom is 0.130 e. The number of aromatic nitrogens is 2. The Bertz CT molecular complexity index is 595. The first-order chi connectivity index (χ1) is 7.58. The van der Waals surface area contributed by atoms with Crippen LogP contribution in [0.1, 0.15) is 0 Å². The number of nitrogen functional groups attached to an aromatic ring is 1. The number of halogens is 2. The molecular formula is C10H7Br2N3S. The summed E-state index contributed by atoms with van der Waals surface area (Å²) in [6, 6.07) is 7.49. The molecule has 3 nitrogen and oxygen atoms in total. The maximum absolute atomic E-state index is 5.60. The molecule has 0 amide bonds. The molecular weight excluding hydrogens is 354 g/mol. The van der Waals surface area contributed by atoms with Crippen LogP contribution in [0.25, 0.3) is 5.69 Å². The molecule has 6 heteroatoms. The molecule has 0 saturated heterocycles. The summed E-state index contributed by atoms with van der Waals surface area (Å²) in [5, 5.41) is 4.17. The van der Waals surface area contributed by atoms with Crippen LogP contribution in [-0.2, 0) is 0 Å². The monoisotopic (exact) mass is 359 g/mol. The normalized spacial score (nSPS) is 10.4. The van der Waals surface area contributed by atoms with Crippen LogP contribution >= 0.6 is 44.1 Å². The lowest BCUT2D eigenvalue weighted by atomic mass is 10.3. The second kappa shape index (κ2) is 4.65. The maximum atomic E-state index is 5.60. The average Bonchev–Trinajstić information content (AvgIpc) is 2.22. The second-order valence-electron chi connectivity index (χ2n) is 3.14. The lowest BCUT2D eigenvalue weighted by molar-refractivity contribution is 0.830. The average molecular weight is 361 g/mol. The first kappa shape index (κ1) is 11.8. The van der Waals surface area contributed by atoms with Gasteiger partial charge in [0.2, 0.25) is 0 Å². The molecule has 2 rings (SSSR count). The molecule has 16 heavy (non-hydrogen) atoms. The minimum absolute atomic E-state index is 0.567. The van der Waals surface area contributed by atoms with Crippen LogP contribution in [0.4, 0.5) is 5.69 Å². The molecule has 0 atom stereocenters. The number of hydrogen-bond donors (Lipinski definition) is 1. The van der Waals surface area contributed by atoms with Crippen LogP contribution in [0.15, 0.2) is 39.4 Å². The molecule has 2 N–H and O–H groups in total. The Morgan fingerprint density at radius 1 is 1.19 bits per heavy atom. The van der Waals surface area contributed by atoms with Gasteiger partial charge >= 0.3 is 0 Å². The van der Waals surface area contributed by atoms with Crippen molar-refractivity contribution in [2.75, 3.05) is 5.73 Å². The van der Waals surface area contributed by atoms with Crippen molar-refractivity contribution in [3.63, 3.8) is 0 Å². The molecule has 0 saturated carbocycles. The fourth-order valence-electron chi connectivity index (χ4n) is 1.23. The first-order valence-electron chi connectivity index (χ1n) is 4.38. The number of rotatable bonds is 1. The lowest BCUT2D eigenvalue weighted by Crippen LogP contribution is -2.03. The largest absolute Gasteiger partial charge is 0.397 e. The van der Waals surface area contributed by atoms with Crippen molar-refractivity contribution < 1.29 is 0 Å². The number of nitrogens with zero attached hydrogens (tertiary/aromatic N) is 2. The van der Waals surface area contributed by atoms with E-state index in [0.29, 0.717) is 10.3 Å². The highest BCUT2D eigenvalue weighted by Crippen LogP contribution is 2.25. The summed E-state index contributed by atoms with van der Waals surface area (Å²) in [6.45, 7) is 0. The Balaban J connectivity index is 2.59. The van der Waals surface area contributed by atoms with E-state index in [4.69, 9.17) is 18.0 Å². The van der Waals surface area contributed by atoms with E-state index in [0.717, 1.165) is 14.6 Å². The molecule has 0 bridgehead atoms. The van der Waals surface area contributed by atoms with Crippen molar-refractivity contribution in [1.82, 2.24) is 9.78 Å². The zero-order valence-corrected chi connectivity index (χ0v) is 12.0. The smallest absolute Gasteiger partial charge is 0.130 e. The Labute approximate surface area is 115 Å². The Morgan fingerprint density at radius 3 is 2.56 bits per heavy atom. The summed E-state index contributed by atoms with van der Waals surface area (Å²) >= 11 is 12.0. The van der Waals surface area contributed by atoms with Gasteiger partial charge in [-0.1, -0.05) is 12.2 Å². The van der Waals surface area contributed by atoms with Crippen LogP contribution in [-0.4, -0.2) is 9.78 Å². The van der Waals surface area contributed by atoms with E-state index in [2.05, 4.69) is 37.0 Å². The van der Waals surface area contributed by atoms with Crippen LogP contribution < -0.4 is 5.73 Å². The van der Waals surface area contributed by atoms with Gasteiger partial charge in [-0.25, -0.2) is 4.68 Å². The van der Waals surface area contributed by atoms with Crippen LogP contribution in [0.3, 0.4) is 0 Å². The van der Waals surface area contributed by atoms with Gasteiger partial charge in [-0.2, -0.15) is 5.10 Å². The van der Waals surface area contributed by atoms with Gasteiger partial charge in [-0.05, 0) is 56.1 Å². The fourth-order valence-corrected chi connectivity index (χ4v) is 2.13. The highest BCUT2D eigenvalue weighted by atomic mass is 79.9. The highest BCUT2D eigenvalue weighted by Gasteiger charge is 2.02. The minimum atomic E-state index is 0.567. The Morgan fingerprint density at radius 2 is 1.94 bits per heavy atom. The quantitative estimate of drug-likeness (QED) is 0.788. The molecule has 0 radical (unpaired) electrons. The molecule has 0 spiro atoms. The van der Waals surface area contributed by atoms with Gasteiger partial charge in [0.15, 0.2) is 0 Å². The molecule has 1 heterocycles. The van der Waals surface area contributed by atoms with Gasteiger partial charge in [0.25, 0.3) is 0 Å². The van der Waals surface area contributed by atoms with Gasteiger partial charge in [0, 0.05) is 8.95 Å². The van der Waals surface area contributed by atoms with Gasteiger partial charge in [-0.15, -0.1) is 0 Å². The van der Waals surface area contributed by atoms with Crippen LogP contribution in [0, 0.1) is 4.64 Å². The first-order valence-corrected chi connectivity index (χ1v) is 6.37. The Kier molecular flexibility index (Phi) is 3.41. The van der Waals surface area contributed by atoms with E-state index >= 15 is 0 Å². The molecule has 2 aromatic rings. The van der Waals surface area contributed by atoms with E-state index < -0.39 is 0 Å². The van der Waals surface area contributed by atoms with Crippen molar-refractivity contribution in [2.45, 2.75) is 0 Å². The Hall–Kier alpha value is -0.720. The van der Waals surface area contributed by atoms with Gasteiger partial charge in [0.1, 0.15) is 4.64 Å². The zero-order chi connectivity index (χ0) is 11.7. The lowest BCUT2D eigenvalue weighted by Gasteiger charge is -2.07. The summed E-state index contributed by atoms with van der Waals surface area (Å²) < 4.78 is 4.17. The summed E-state index contributed by atoms with van der Waals surface area (Å²) in [7, 11) is 0. The summed E-state index contributed by atoms with van der Waals surface area (Å²) in [6.07, 6.45) is 1.58. The highest BCUT2D eigenvalue weighted by molar-refractivity contribution is 9.13. The SMILES string of the molecule is Nc1cnn(-c2ccc(Br)c(Br)c2)c(=S)c1. The number of nitrogens with two attached hydrogens (primary N) is 1. The van der Waals surface area contributed by atoms with Crippen LogP contribution in [0.2, 0.25) is 0 Å². The predicted molar refractivity (Wildman–Crippen MR) is 74.2 cm³/mol. The summed E-state index contributed by atoms with van der Waals surface area (Å²) in [5.41, 5.74) is 7.06.